The normalized spacial score (nSPS) is 10.3. The molecule has 1 nitrogen and oxygen atoms in total. The van der Waals surface area contributed by atoms with Crippen molar-refractivity contribution in [3.05, 3.63) is 53.6 Å². The Kier molecular flexibility index (Phi) is 3.75. The van der Waals surface area contributed by atoms with Crippen molar-refractivity contribution in [3.63, 3.8) is 0 Å². The molecule has 0 amide bonds. The van der Waals surface area contributed by atoms with Gasteiger partial charge in [-0.15, -0.1) is 0 Å². The molecule has 0 spiro atoms. The van der Waals surface area contributed by atoms with E-state index in [0.717, 1.165) is 5.69 Å². The zero-order valence-electron chi connectivity index (χ0n) is 10.4. The predicted molar refractivity (Wildman–Crippen MR) is 76.0 cm³/mol. The summed E-state index contributed by atoms with van der Waals surface area (Å²) in [5.41, 5.74) is 3.81. The molecule has 0 atom stereocenters. The van der Waals surface area contributed by atoms with Gasteiger partial charge >= 0.3 is 0 Å². The first-order valence-corrected chi connectivity index (χ1v) is 6.53. The van der Waals surface area contributed by atoms with Crippen LogP contribution in [-0.2, 0) is 0 Å². The van der Waals surface area contributed by atoms with E-state index in [1.54, 1.807) is 0 Å². The van der Waals surface area contributed by atoms with E-state index in [1.165, 1.54) is 20.9 Å². The number of aryl methyl sites for hydroxylation is 2. The summed E-state index contributed by atoms with van der Waals surface area (Å²) >= 11 is 1.81. The third kappa shape index (κ3) is 3.04. The van der Waals surface area contributed by atoms with E-state index in [2.05, 4.69) is 61.6 Å². The minimum absolute atomic E-state index is 1.15. The standard InChI is InChI=1S/C15H17NS/c1-11-4-9-15(12(2)10-11)17-14-7-5-13(16-3)6-8-14/h4-10,16H,1-3H3. The molecule has 0 saturated heterocycles. The lowest BCUT2D eigenvalue weighted by Crippen LogP contribution is -1.86. The number of nitrogens with one attached hydrogen (secondary N) is 1. The topological polar surface area (TPSA) is 12.0 Å². The van der Waals surface area contributed by atoms with Gasteiger partial charge in [0.2, 0.25) is 0 Å². The fourth-order valence-corrected chi connectivity index (χ4v) is 2.61. The Morgan fingerprint density at radius 3 is 2.24 bits per heavy atom. The van der Waals surface area contributed by atoms with Gasteiger partial charge in [0.25, 0.3) is 0 Å². The molecule has 0 unspecified atom stereocenters. The lowest BCUT2D eigenvalue weighted by Gasteiger charge is -2.07. The van der Waals surface area contributed by atoms with Crippen LogP contribution in [0, 0.1) is 13.8 Å². The van der Waals surface area contributed by atoms with E-state index in [-0.39, 0.29) is 0 Å². The van der Waals surface area contributed by atoms with Gasteiger partial charge in [-0.05, 0) is 49.7 Å². The van der Waals surface area contributed by atoms with E-state index in [4.69, 9.17) is 0 Å². The lowest BCUT2D eigenvalue weighted by atomic mass is 10.2. The Bertz CT molecular complexity index is 503. The van der Waals surface area contributed by atoms with Crippen molar-refractivity contribution in [3.8, 4) is 0 Å². The zero-order chi connectivity index (χ0) is 12.3. The van der Waals surface area contributed by atoms with Gasteiger partial charge < -0.3 is 5.32 Å². The summed E-state index contributed by atoms with van der Waals surface area (Å²) in [4.78, 5) is 2.60. The quantitative estimate of drug-likeness (QED) is 0.852. The number of benzene rings is 2. The van der Waals surface area contributed by atoms with Crippen molar-refractivity contribution >= 4 is 17.4 Å². The monoisotopic (exact) mass is 243 g/mol. The zero-order valence-corrected chi connectivity index (χ0v) is 11.3. The highest BCUT2D eigenvalue weighted by atomic mass is 32.2. The summed E-state index contributed by atoms with van der Waals surface area (Å²) in [6.07, 6.45) is 0. The van der Waals surface area contributed by atoms with Crippen molar-refractivity contribution in [2.45, 2.75) is 23.6 Å². The van der Waals surface area contributed by atoms with E-state index < -0.39 is 0 Å². The molecule has 88 valence electrons. The van der Waals surface area contributed by atoms with Gasteiger partial charge in [0.15, 0.2) is 0 Å². The van der Waals surface area contributed by atoms with Crippen molar-refractivity contribution in [2.24, 2.45) is 0 Å². The third-order valence-corrected chi connectivity index (χ3v) is 3.89. The molecule has 0 heterocycles. The molecular formula is C15H17NS. The smallest absolute Gasteiger partial charge is 0.0338 e. The Hall–Kier alpha value is -1.41. The molecule has 17 heavy (non-hydrogen) atoms. The maximum atomic E-state index is 3.13. The van der Waals surface area contributed by atoms with E-state index in [0.29, 0.717) is 0 Å². The molecule has 2 aromatic carbocycles. The molecule has 0 fully saturated rings. The van der Waals surface area contributed by atoms with Gasteiger partial charge in [-0.2, -0.15) is 0 Å². The van der Waals surface area contributed by atoms with Crippen LogP contribution in [0.5, 0.6) is 0 Å². The van der Waals surface area contributed by atoms with Crippen LogP contribution in [0.2, 0.25) is 0 Å². The van der Waals surface area contributed by atoms with Crippen LogP contribution in [0.25, 0.3) is 0 Å². The van der Waals surface area contributed by atoms with Crippen molar-refractivity contribution in [2.75, 3.05) is 12.4 Å². The lowest BCUT2D eigenvalue weighted by molar-refractivity contribution is 1.26. The molecule has 2 rings (SSSR count). The Morgan fingerprint density at radius 2 is 1.65 bits per heavy atom. The van der Waals surface area contributed by atoms with Crippen LogP contribution < -0.4 is 5.32 Å². The second kappa shape index (κ2) is 5.28. The van der Waals surface area contributed by atoms with Gasteiger partial charge in [-0.25, -0.2) is 0 Å². The Labute approximate surface area is 107 Å². The maximum Gasteiger partial charge on any atom is 0.0338 e. The van der Waals surface area contributed by atoms with E-state index >= 15 is 0 Å². The summed E-state index contributed by atoms with van der Waals surface area (Å²) in [5, 5.41) is 3.13. The molecule has 0 aliphatic carbocycles. The maximum absolute atomic E-state index is 3.13. The minimum atomic E-state index is 1.15. The summed E-state index contributed by atoms with van der Waals surface area (Å²) in [6.45, 7) is 4.29. The van der Waals surface area contributed by atoms with Crippen LogP contribution in [0.4, 0.5) is 5.69 Å². The third-order valence-electron chi connectivity index (χ3n) is 2.70. The highest BCUT2D eigenvalue weighted by Crippen LogP contribution is 2.31. The molecule has 0 bridgehead atoms. The fourth-order valence-electron chi connectivity index (χ4n) is 1.73. The Balaban J connectivity index is 2.19. The summed E-state index contributed by atoms with van der Waals surface area (Å²) in [7, 11) is 1.94. The minimum Gasteiger partial charge on any atom is -0.388 e. The number of hydrogen-bond donors (Lipinski definition) is 1. The van der Waals surface area contributed by atoms with Gasteiger partial charge in [-0.1, -0.05) is 29.5 Å². The number of anilines is 1. The van der Waals surface area contributed by atoms with Crippen molar-refractivity contribution < 1.29 is 0 Å². The summed E-state index contributed by atoms with van der Waals surface area (Å²) < 4.78 is 0. The molecule has 0 aromatic heterocycles. The van der Waals surface area contributed by atoms with E-state index in [9.17, 15) is 0 Å². The van der Waals surface area contributed by atoms with Crippen LogP contribution >= 0.6 is 11.8 Å². The van der Waals surface area contributed by atoms with Gasteiger partial charge in [0.1, 0.15) is 0 Å². The Morgan fingerprint density at radius 1 is 0.941 bits per heavy atom. The van der Waals surface area contributed by atoms with Crippen LogP contribution in [-0.4, -0.2) is 7.05 Å². The van der Waals surface area contributed by atoms with Gasteiger partial charge in [0.05, 0.1) is 0 Å². The second-order valence-corrected chi connectivity index (χ2v) is 5.26. The molecule has 2 heteroatoms. The van der Waals surface area contributed by atoms with Gasteiger partial charge in [-0.3, -0.25) is 0 Å². The first kappa shape index (κ1) is 12.1. The molecule has 2 aromatic rings. The molecular weight excluding hydrogens is 226 g/mol. The second-order valence-electron chi connectivity index (χ2n) is 4.15. The first-order chi connectivity index (χ1) is 8.19. The first-order valence-electron chi connectivity index (χ1n) is 5.72. The summed E-state index contributed by atoms with van der Waals surface area (Å²) in [5.74, 6) is 0. The highest BCUT2D eigenvalue weighted by Gasteiger charge is 2.01. The largest absolute Gasteiger partial charge is 0.388 e. The van der Waals surface area contributed by atoms with Crippen LogP contribution in [0.3, 0.4) is 0 Å². The molecule has 0 aliphatic rings. The molecule has 0 aliphatic heterocycles. The highest BCUT2D eigenvalue weighted by molar-refractivity contribution is 7.99. The molecule has 0 radical (unpaired) electrons. The fraction of sp³-hybridized carbons (Fsp3) is 0.200. The molecule has 1 N–H and O–H groups in total. The number of rotatable bonds is 3. The predicted octanol–water partition coefficient (Wildman–Crippen LogP) is 4.50. The van der Waals surface area contributed by atoms with Crippen LogP contribution in [0.15, 0.2) is 52.3 Å². The van der Waals surface area contributed by atoms with Crippen LogP contribution in [0.1, 0.15) is 11.1 Å². The SMILES string of the molecule is CNc1ccc(Sc2ccc(C)cc2C)cc1. The average molecular weight is 243 g/mol. The van der Waals surface area contributed by atoms with Crippen molar-refractivity contribution in [1.29, 1.82) is 0 Å². The van der Waals surface area contributed by atoms with Gasteiger partial charge in [0, 0.05) is 22.5 Å². The average Bonchev–Trinajstić information content (AvgIpc) is 2.34. The molecule has 0 saturated carbocycles. The number of hydrogen-bond acceptors (Lipinski definition) is 2. The summed E-state index contributed by atoms with van der Waals surface area (Å²) in [6, 6.07) is 15.1. The van der Waals surface area contributed by atoms with Crippen molar-refractivity contribution in [1.82, 2.24) is 0 Å². The van der Waals surface area contributed by atoms with E-state index in [1.807, 2.05) is 18.8 Å².